The summed E-state index contributed by atoms with van der Waals surface area (Å²) >= 11 is 0.720. The molecular weight excluding hydrogens is 199 g/mol. The van der Waals surface area contributed by atoms with Crippen molar-refractivity contribution >= 4 is 19.4 Å². The molecule has 0 saturated heterocycles. The average Bonchev–Trinajstić information content (AvgIpc) is 2.07. The van der Waals surface area contributed by atoms with E-state index in [1.54, 1.807) is 0 Å². The van der Waals surface area contributed by atoms with Gasteiger partial charge in [0.05, 0.1) is 0 Å². The zero-order valence-electron chi connectivity index (χ0n) is 6.92. The van der Waals surface area contributed by atoms with E-state index in [0.29, 0.717) is 0 Å². The van der Waals surface area contributed by atoms with Gasteiger partial charge in [-0.05, 0) is 0 Å². The first-order valence-electron chi connectivity index (χ1n) is 4.11. The minimum absolute atomic E-state index is 0.720. The van der Waals surface area contributed by atoms with Gasteiger partial charge in [0.25, 0.3) is 0 Å². The van der Waals surface area contributed by atoms with Crippen molar-refractivity contribution in [3.8, 4) is 0 Å². The van der Waals surface area contributed by atoms with Crippen molar-refractivity contribution in [2.75, 3.05) is 0 Å². The fourth-order valence-electron chi connectivity index (χ4n) is 0.851. The van der Waals surface area contributed by atoms with Gasteiger partial charge in [-0.15, -0.1) is 0 Å². The van der Waals surface area contributed by atoms with Crippen LogP contribution in [0.2, 0.25) is 5.32 Å². The van der Waals surface area contributed by atoms with Crippen LogP contribution in [0.5, 0.6) is 0 Å². The van der Waals surface area contributed by atoms with E-state index in [4.69, 9.17) is 0 Å². The van der Waals surface area contributed by atoms with Gasteiger partial charge in [-0.25, -0.2) is 0 Å². The molecule has 0 amide bonds. The molecule has 0 saturated carbocycles. The molecule has 0 unspecified atom stereocenters. The van der Waals surface area contributed by atoms with Crippen molar-refractivity contribution in [2.24, 2.45) is 0 Å². The molecule has 0 aromatic heterocycles. The van der Waals surface area contributed by atoms with E-state index in [9.17, 15) is 0 Å². The second-order valence-corrected chi connectivity index (χ2v) is 4.97. The van der Waals surface area contributed by atoms with Gasteiger partial charge < -0.3 is 0 Å². The van der Waals surface area contributed by atoms with Crippen molar-refractivity contribution in [3.63, 3.8) is 0 Å². The molecule has 0 aliphatic carbocycles. The van der Waals surface area contributed by atoms with Gasteiger partial charge in [-0.1, -0.05) is 0 Å². The number of benzene rings is 1. The summed E-state index contributed by atoms with van der Waals surface area (Å²) in [6.07, 6.45) is 2.71. The second kappa shape index (κ2) is 5.40. The predicted molar refractivity (Wildman–Crippen MR) is 51.5 cm³/mol. The van der Waals surface area contributed by atoms with Crippen molar-refractivity contribution < 1.29 is 0 Å². The van der Waals surface area contributed by atoms with Crippen LogP contribution in [0.15, 0.2) is 30.3 Å². The summed E-state index contributed by atoms with van der Waals surface area (Å²) in [5.41, 5.74) is 0. The molecule has 60 valence electrons. The van der Waals surface area contributed by atoms with Crippen LogP contribution in [0.1, 0.15) is 19.8 Å². The van der Waals surface area contributed by atoms with E-state index in [0.717, 1.165) is 15.0 Å². The van der Waals surface area contributed by atoms with Gasteiger partial charge in [0, 0.05) is 0 Å². The maximum absolute atomic E-state index is 2.25. The molecule has 11 heavy (non-hydrogen) atoms. The standard InChI is InChI=1S/C10H14Se/c1-2-3-9-11-10-7-5-4-6-8-10/h4-8H,2-3,9H2,1H3. The molecule has 0 atom stereocenters. The van der Waals surface area contributed by atoms with E-state index >= 15 is 0 Å². The van der Waals surface area contributed by atoms with Crippen LogP contribution in [0, 0.1) is 0 Å². The van der Waals surface area contributed by atoms with Crippen LogP contribution >= 0.6 is 0 Å². The minimum atomic E-state index is 0.720. The van der Waals surface area contributed by atoms with Crippen molar-refractivity contribution in [1.29, 1.82) is 0 Å². The number of hydrogen-bond acceptors (Lipinski definition) is 0. The van der Waals surface area contributed by atoms with Crippen LogP contribution in [-0.4, -0.2) is 15.0 Å². The molecule has 0 aliphatic rings. The SMILES string of the molecule is CCCC[Se]c1ccccc1. The summed E-state index contributed by atoms with van der Waals surface area (Å²) in [6, 6.07) is 10.8. The molecule has 0 nitrogen and oxygen atoms in total. The molecule has 1 aromatic rings. The third-order valence-electron chi connectivity index (χ3n) is 1.51. The Morgan fingerprint density at radius 1 is 1.18 bits per heavy atom. The number of rotatable bonds is 4. The molecule has 0 N–H and O–H groups in total. The predicted octanol–water partition coefficient (Wildman–Crippen LogP) is 2.23. The molecule has 1 rings (SSSR count). The van der Waals surface area contributed by atoms with Gasteiger partial charge in [-0.3, -0.25) is 0 Å². The third-order valence-corrected chi connectivity index (χ3v) is 3.81. The fraction of sp³-hybridized carbons (Fsp3) is 0.400. The Morgan fingerprint density at radius 2 is 1.91 bits per heavy atom. The summed E-state index contributed by atoms with van der Waals surface area (Å²) in [5, 5.41) is 1.40. The fourth-order valence-corrected chi connectivity index (χ4v) is 2.99. The number of unbranched alkanes of at least 4 members (excludes halogenated alkanes) is 1. The van der Waals surface area contributed by atoms with Crippen LogP contribution in [-0.2, 0) is 0 Å². The third kappa shape index (κ3) is 3.59. The summed E-state index contributed by atoms with van der Waals surface area (Å²) < 4.78 is 1.54. The summed E-state index contributed by atoms with van der Waals surface area (Å²) in [7, 11) is 0. The first-order chi connectivity index (χ1) is 5.43. The van der Waals surface area contributed by atoms with Gasteiger partial charge in [0.1, 0.15) is 0 Å². The monoisotopic (exact) mass is 214 g/mol. The van der Waals surface area contributed by atoms with E-state index < -0.39 is 0 Å². The van der Waals surface area contributed by atoms with Crippen LogP contribution in [0.3, 0.4) is 0 Å². The van der Waals surface area contributed by atoms with Crippen LogP contribution in [0.4, 0.5) is 0 Å². The van der Waals surface area contributed by atoms with E-state index in [2.05, 4.69) is 37.3 Å². The topological polar surface area (TPSA) is 0 Å². The van der Waals surface area contributed by atoms with Crippen molar-refractivity contribution in [3.05, 3.63) is 30.3 Å². The quantitative estimate of drug-likeness (QED) is 0.531. The van der Waals surface area contributed by atoms with Gasteiger partial charge in [0.2, 0.25) is 0 Å². The molecule has 0 spiro atoms. The second-order valence-electron chi connectivity index (χ2n) is 2.52. The van der Waals surface area contributed by atoms with E-state index in [-0.39, 0.29) is 0 Å². The first kappa shape index (κ1) is 8.83. The Hall–Kier alpha value is -0.261. The van der Waals surface area contributed by atoms with Crippen LogP contribution < -0.4 is 4.46 Å². The Kier molecular flexibility index (Phi) is 4.33. The Morgan fingerprint density at radius 3 is 2.55 bits per heavy atom. The Labute approximate surface area is 75.2 Å². The molecule has 0 aliphatic heterocycles. The Bertz CT molecular complexity index is 181. The van der Waals surface area contributed by atoms with Gasteiger partial charge in [0.15, 0.2) is 0 Å². The van der Waals surface area contributed by atoms with Crippen LogP contribution in [0.25, 0.3) is 0 Å². The molecule has 0 fully saturated rings. The normalized spacial score (nSPS) is 9.91. The molecule has 1 heteroatoms. The van der Waals surface area contributed by atoms with Crippen molar-refractivity contribution in [1.82, 2.24) is 0 Å². The molecular formula is C10H14Se. The summed E-state index contributed by atoms with van der Waals surface area (Å²) in [4.78, 5) is 0. The van der Waals surface area contributed by atoms with E-state index in [1.807, 2.05) is 0 Å². The average molecular weight is 213 g/mol. The van der Waals surface area contributed by atoms with Crippen molar-refractivity contribution in [2.45, 2.75) is 25.1 Å². The summed E-state index contributed by atoms with van der Waals surface area (Å²) in [5.74, 6) is 0. The molecule has 0 radical (unpaired) electrons. The zero-order chi connectivity index (χ0) is 7.94. The van der Waals surface area contributed by atoms with Gasteiger partial charge in [-0.2, -0.15) is 0 Å². The van der Waals surface area contributed by atoms with Gasteiger partial charge >= 0.3 is 74.8 Å². The van der Waals surface area contributed by atoms with E-state index in [1.165, 1.54) is 22.6 Å². The molecule has 0 bridgehead atoms. The summed E-state index contributed by atoms with van der Waals surface area (Å²) in [6.45, 7) is 2.25. The zero-order valence-corrected chi connectivity index (χ0v) is 8.63. The first-order valence-corrected chi connectivity index (χ1v) is 6.18. The number of hydrogen-bond donors (Lipinski definition) is 0. The maximum atomic E-state index is 2.25. The molecule has 1 aromatic carbocycles. The Balaban J connectivity index is 2.28. The molecule has 0 heterocycles.